The Hall–Kier alpha value is -2.67. The summed E-state index contributed by atoms with van der Waals surface area (Å²) in [4.78, 5) is 15.4. The summed E-state index contributed by atoms with van der Waals surface area (Å²) < 4.78 is 20.4. The fourth-order valence-electron chi connectivity index (χ4n) is 3.10. The Morgan fingerprint density at radius 1 is 1.38 bits per heavy atom. The largest absolute Gasteiger partial charge is 0.383 e. The molecule has 2 heterocycles. The van der Waals surface area contributed by atoms with Gasteiger partial charge in [0, 0.05) is 42.0 Å². The van der Waals surface area contributed by atoms with Crippen molar-refractivity contribution in [2.75, 3.05) is 13.7 Å². The van der Waals surface area contributed by atoms with Gasteiger partial charge in [-0.05, 0) is 37.6 Å². The Labute approximate surface area is 151 Å². The fourth-order valence-corrected chi connectivity index (χ4v) is 3.10. The molecule has 0 saturated heterocycles. The molecule has 3 rings (SSSR count). The number of nitrogens with zero attached hydrogens (tertiary/aromatic N) is 2. The molecule has 0 fully saturated rings. The lowest BCUT2D eigenvalue weighted by Gasteiger charge is -2.07. The van der Waals surface area contributed by atoms with E-state index in [0.29, 0.717) is 19.7 Å². The molecule has 0 aliphatic heterocycles. The molecular formula is C19H23FN4O2. The van der Waals surface area contributed by atoms with Crippen LogP contribution in [-0.4, -0.2) is 34.4 Å². The number of methoxy groups -OCH3 is 1. The maximum atomic E-state index is 13.4. The molecule has 0 bridgehead atoms. The summed E-state index contributed by atoms with van der Waals surface area (Å²) in [7, 11) is 1.66. The number of benzene rings is 1. The number of amides is 1. The van der Waals surface area contributed by atoms with Crippen LogP contribution in [0.2, 0.25) is 0 Å². The van der Waals surface area contributed by atoms with Crippen molar-refractivity contribution in [1.29, 1.82) is 0 Å². The molecule has 2 aromatic heterocycles. The second-order valence-corrected chi connectivity index (χ2v) is 6.32. The van der Waals surface area contributed by atoms with Crippen LogP contribution in [0.15, 0.2) is 24.4 Å². The maximum Gasteiger partial charge on any atom is 0.224 e. The highest BCUT2D eigenvalue weighted by Crippen LogP contribution is 2.20. The first kappa shape index (κ1) is 18.1. The van der Waals surface area contributed by atoms with Crippen molar-refractivity contribution in [3.63, 3.8) is 0 Å². The normalized spacial score (nSPS) is 11.2. The summed E-state index contributed by atoms with van der Waals surface area (Å²) >= 11 is 0. The number of ether oxygens (including phenoxy) is 1. The van der Waals surface area contributed by atoms with E-state index in [1.807, 2.05) is 18.5 Å². The van der Waals surface area contributed by atoms with Crippen molar-refractivity contribution in [2.24, 2.45) is 0 Å². The van der Waals surface area contributed by atoms with Crippen molar-refractivity contribution in [2.45, 2.75) is 33.4 Å². The Balaban J connectivity index is 1.65. The molecule has 0 aliphatic rings. The first-order valence-corrected chi connectivity index (χ1v) is 8.53. The van der Waals surface area contributed by atoms with Gasteiger partial charge in [0.15, 0.2) is 0 Å². The van der Waals surface area contributed by atoms with Crippen LogP contribution in [-0.2, 0) is 29.0 Å². The minimum atomic E-state index is -0.312. The van der Waals surface area contributed by atoms with Crippen LogP contribution in [0.5, 0.6) is 0 Å². The average Bonchev–Trinajstić information content (AvgIpc) is 3.12. The highest BCUT2D eigenvalue weighted by Gasteiger charge is 2.14. The number of fused-ring (bicyclic) bond motifs is 1. The van der Waals surface area contributed by atoms with Crippen molar-refractivity contribution in [3.05, 3.63) is 52.7 Å². The van der Waals surface area contributed by atoms with Gasteiger partial charge in [-0.15, -0.1) is 0 Å². The minimum absolute atomic E-state index is 0.112. The van der Waals surface area contributed by atoms with Gasteiger partial charge in [0.25, 0.3) is 0 Å². The van der Waals surface area contributed by atoms with Crippen LogP contribution in [0.1, 0.15) is 22.5 Å². The van der Waals surface area contributed by atoms with E-state index in [2.05, 4.69) is 15.4 Å². The number of aryl methyl sites for hydroxylation is 1. The Bertz CT molecular complexity index is 929. The number of carbonyl (C=O) groups is 1. The molecule has 0 atom stereocenters. The number of nitrogens with one attached hydrogen (secondary N) is 2. The van der Waals surface area contributed by atoms with Gasteiger partial charge in [-0.3, -0.25) is 9.48 Å². The zero-order chi connectivity index (χ0) is 18.7. The Morgan fingerprint density at radius 2 is 2.19 bits per heavy atom. The van der Waals surface area contributed by atoms with Gasteiger partial charge in [-0.25, -0.2) is 4.39 Å². The third kappa shape index (κ3) is 3.77. The van der Waals surface area contributed by atoms with Crippen LogP contribution in [0, 0.1) is 19.7 Å². The molecule has 0 aliphatic carbocycles. The van der Waals surface area contributed by atoms with Crippen LogP contribution in [0.3, 0.4) is 0 Å². The predicted octanol–water partition coefficient (Wildman–Crippen LogP) is 2.63. The fraction of sp³-hybridized carbons (Fsp3) is 0.368. The molecule has 1 aromatic carbocycles. The van der Waals surface area contributed by atoms with Gasteiger partial charge in [0.2, 0.25) is 5.91 Å². The zero-order valence-electron chi connectivity index (χ0n) is 15.2. The first-order chi connectivity index (χ1) is 12.5. The summed E-state index contributed by atoms with van der Waals surface area (Å²) in [5, 5.41) is 8.16. The van der Waals surface area contributed by atoms with Crippen LogP contribution in [0.4, 0.5) is 4.39 Å². The van der Waals surface area contributed by atoms with E-state index in [0.717, 1.165) is 33.4 Å². The molecule has 2 N–H and O–H groups in total. The third-order valence-electron chi connectivity index (χ3n) is 4.58. The van der Waals surface area contributed by atoms with Gasteiger partial charge < -0.3 is 15.0 Å². The minimum Gasteiger partial charge on any atom is -0.383 e. The van der Waals surface area contributed by atoms with Crippen molar-refractivity contribution < 1.29 is 13.9 Å². The molecule has 0 radical (unpaired) electrons. The molecule has 3 aromatic rings. The number of aromatic amines is 1. The SMILES string of the molecule is COCCn1nc(C)c(CNC(=O)Cc2c[nH]c3ccc(F)cc23)c1C. The Kier molecular flexibility index (Phi) is 5.37. The van der Waals surface area contributed by atoms with E-state index in [-0.39, 0.29) is 18.1 Å². The van der Waals surface area contributed by atoms with Crippen molar-refractivity contribution >= 4 is 16.8 Å². The molecule has 0 unspecified atom stereocenters. The number of rotatable bonds is 7. The highest BCUT2D eigenvalue weighted by molar-refractivity contribution is 5.88. The van der Waals surface area contributed by atoms with Crippen molar-refractivity contribution in [3.8, 4) is 0 Å². The number of carbonyl (C=O) groups excluding carboxylic acids is 1. The predicted molar refractivity (Wildman–Crippen MR) is 97.4 cm³/mol. The summed E-state index contributed by atoms with van der Waals surface area (Å²) in [6, 6.07) is 4.52. The van der Waals surface area contributed by atoms with Gasteiger partial charge in [-0.2, -0.15) is 5.10 Å². The standard InChI is InChI=1S/C19H23FN4O2/c1-12-17(13(2)24(23-12)6-7-26-3)11-22-19(25)8-14-10-21-18-5-4-15(20)9-16(14)18/h4-5,9-10,21H,6-8,11H2,1-3H3,(H,22,25). The topological polar surface area (TPSA) is 71.9 Å². The molecule has 7 heteroatoms. The second-order valence-electron chi connectivity index (χ2n) is 6.32. The third-order valence-corrected chi connectivity index (χ3v) is 4.58. The molecule has 26 heavy (non-hydrogen) atoms. The lowest BCUT2D eigenvalue weighted by molar-refractivity contribution is -0.120. The molecule has 0 spiro atoms. The highest BCUT2D eigenvalue weighted by atomic mass is 19.1. The zero-order valence-corrected chi connectivity index (χ0v) is 15.2. The Morgan fingerprint density at radius 3 is 2.96 bits per heavy atom. The van der Waals surface area contributed by atoms with E-state index in [1.165, 1.54) is 12.1 Å². The van der Waals surface area contributed by atoms with Gasteiger partial charge in [-0.1, -0.05) is 0 Å². The molecule has 6 nitrogen and oxygen atoms in total. The van der Waals surface area contributed by atoms with E-state index in [9.17, 15) is 9.18 Å². The quantitative estimate of drug-likeness (QED) is 0.682. The maximum absolute atomic E-state index is 13.4. The van der Waals surface area contributed by atoms with Crippen LogP contribution < -0.4 is 5.32 Å². The van der Waals surface area contributed by atoms with Crippen molar-refractivity contribution in [1.82, 2.24) is 20.1 Å². The lowest BCUT2D eigenvalue weighted by atomic mass is 10.1. The average molecular weight is 358 g/mol. The lowest BCUT2D eigenvalue weighted by Crippen LogP contribution is -2.25. The number of aromatic nitrogens is 3. The van der Waals surface area contributed by atoms with E-state index >= 15 is 0 Å². The molecular weight excluding hydrogens is 335 g/mol. The van der Waals surface area contributed by atoms with Gasteiger partial charge in [0.1, 0.15) is 5.82 Å². The summed E-state index contributed by atoms with van der Waals surface area (Å²) in [6.07, 6.45) is 1.95. The summed E-state index contributed by atoms with van der Waals surface area (Å²) in [5.41, 5.74) is 4.53. The summed E-state index contributed by atoms with van der Waals surface area (Å²) in [6.45, 7) is 5.60. The first-order valence-electron chi connectivity index (χ1n) is 8.53. The van der Waals surface area contributed by atoms with Gasteiger partial charge in [0.05, 0.1) is 25.3 Å². The van der Waals surface area contributed by atoms with Gasteiger partial charge >= 0.3 is 0 Å². The molecule has 138 valence electrons. The van der Waals surface area contributed by atoms with E-state index in [1.54, 1.807) is 19.4 Å². The number of halogens is 1. The number of H-pyrrole nitrogens is 1. The van der Waals surface area contributed by atoms with Crippen LogP contribution >= 0.6 is 0 Å². The van der Waals surface area contributed by atoms with E-state index < -0.39 is 0 Å². The number of hydrogen-bond acceptors (Lipinski definition) is 3. The second kappa shape index (κ2) is 7.70. The molecule has 0 saturated carbocycles. The molecule has 1 amide bonds. The van der Waals surface area contributed by atoms with E-state index in [4.69, 9.17) is 4.74 Å². The monoisotopic (exact) mass is 358 g/mol. The van der Waals surface area contributed by atoms with Crippen LogP contribution in [0.25, 0.3) is 10.9 Å². The smallest absolute Gasteiger partial charge is 0.224 e. The number of hydrogen-bond donors (Lipinski definition) is 2. The summed E-state index contributed by atoms with van der Waals surface area (Å²) in [5.74, 6) is -0.424.